The van der Waals surface area contributed by atoms with Crippen LogP contribution in [0.3, 0.4) is 0 Å². The number of rotatable bonds is 2. The summed E-state index contributed by atoms with van der Waals surface area (Å²) < 4.78 is 5.39. The molecule has 2 heteroatoms. The van der Waals surface area contributed by atoms with Crippen LogP contribution in [-0.4, -0.2) is 13.2 Å². The number of hydrogen-bond donors (Lipinski definition) is 1. The third kappa shape index (κ3) is 2.32. The summed E-state index contributed by atoms with van der Waals surface area (Å²) in [5.74, 6) is 1.00. The molecule has 1 saturated heterocycles. The Morgan fingerprint density at radius 3 is 2.80 bits per heavy atom. The molecule has 0 saturated carbocycles. The third-order valence-corrected chi connectivity index (χ3v) is 3.13. The minimum absolute atomic E-state index is 0.463. The van der Waals surface area contributed by atoms with Crippen molar-refractivity contribution in [2.24, 2.45) is 0 Å². The lowest BCUT2D eigenvalue weighted by Gasteiger charge is -2.29. The van der Waals surface area contributed by atoms with Gasteiger partial charge in [0.25, 0.3) is 0 Å². The molecule has 1 heterocycles. The Bertz CT molecular complexity index is 324. The highest BCUT2D eigenvalue weighted by Crippen LogP contribution is 2.31. The Morgan fingerprint density at radius 2 is 2.07 bits per heavy atom. The number of ether oxygens (including phenoxy) is 1. The summed E-state index contributed by atoms with van der Waals surface area (Å²) in [6.45, 7) is 2.25. The molecule has 1 N–H and O–H groups in total. The number of hydrogen-bond acceptors (Lipinski definition) is 2. The minimum atomic E-state index is 0.463. The maximum absolute atomic E-state index is 5.39. The summed E-state index contributed by atoms with van der Waals surface area (Å²) in [4.78, 5) is 0. The van der Waals surface area contributed by atoms with Crippen LogP contribution in [0.1, 0.15) is 37.8 Å². The van der Waals surface area contributed by atoms with E-state index in [-0.39, 0.29) is 0 Å². The van der Waals surface area contributed by atoms with Crippen LogP contribution in [0.5, 0.6) is 5.75 Å². The molecule has 2 atom stereocenters. The van der Waals surface area contributed by atoms with Crippen LogP contribution in [0.15, 0.2) is 24.3 Å². The summed E-state index contributed by atoms with van der Waals surface area (Å²) in [7, 11) is 1.74. The number of piperidine rings is 1. The molecule has 1 aromatic rings. The molecule has 1 aliphatic heterocycles. The minimum Gasteiger partial charge on any atom is -0.496 e. The first-order valence-electron chi connectivity index (χ1n) is 5.70. The Kier molecular flexibility index (Phi) is 3.27. The zero-order valence-electron chi connectivity index (χ0n) is 9.49. The first kappa shape index (κ1) is 10.5. The van der Waals surface area contributed by atoms with Crippen LogP contribution >= 0.6 is 0 Å². The summed E-state index contributed by atoms with van der Waals surface area (Å²) >= 11 is 0. The first-order chi connectivity index (χ1) is 7.31. The lowest BCUT2D eigenvalue weighted by molar-refractivity contribution is 0.328. The SMILES string of the molecule is COc1ccccc1[C@@H]1CCC[C@H](C)N1. The summed E-state index contributed by atoms with van der Waals surface area (Å²) in [6.07, 6.45) is 3.80. The van der Waals surface area contributed by atoms with E-state index in [0.29, 0.717) is 12.1 Å². The number of methoxy groups -OCH3 is 1. The van der Waals surface area contributed by atoms with E-state index in [4.69, 9.17) is 4.74 Å². The van der Waals surface area contributed by atoms with E-state index in [0.717, 1.165) is 5.75 Å². The summed E-state index contributed by atoms with van der Waals surface area (Å²) in [5, 5.41) is 3.63. The Balaban J connectivity index is 2.20. The predicted molar refractivity (Wildman–Crippen MR) is 62.2 cm³/mol. The molecule has 0 aliphatic carbocycles. The molecule has 2 rings (SSSR count). The smallest absolute Gasteiger partial charge is 0.123 e. The molecule has 15 heavy (non-hydrogen) atoms. The Labute approximate surface area is 91.6 Å². The standard InChI is InChI=1S/C13H19NO/c1-10-6-5-8-12(14-10)11-7-3-4-9-13(11)15-2/h3-4,7,9-10,12,14H,5-6,8H2,1-2H3/t10-,12-/m0/s1. The quantitative estimate of drug-likeness (QED) is 0.801. The number of para-hydroxylation sites is 1. The van der Waals surface area contributed by atoms with E-state index in [1.54, 1.807) is 7.11 Å². The van der Waals surface area contributed by atoms with Crippen LogP contribution in [0.25, 0.3) is 0 Å². The van der Waals surface area contributed by atoms with Gasteiger partial charge in [-0.05, 0) is 25.8 Å². The van der Waals surface area contributed by atoms with Crippen molar-refractivity contribution in [1.82, 2.24) is 5.32 Å². The van der Waals surface area contributed by atoms with Gasteiger partial charge in [-0.1, -0.05) is 24.6 Å². The van der Waals surface area contributed by atoms with Gasteiger partial charge in [-0.15, -0.1) is 0 Å². The number of nitrogens with one attached hydrogen (secondary N) is 1. The van der Waals surface area contributed by atoms with E-state index >= 15 is 0 Å². The van der Waals surface area contributed by atoms with E-state index in [2.05, 4.69) is 24.4 Å². The van der Waals surface area contributed by atoms with Gasteiger partial charge in [0.1, 0.15) is 5.75 Å². The van der Waals surface area contributed by atoms with Gasteiger partial charge in [-0.2, -0.15) is 0 Å². The van der Waals surface area contributed by atoms with Crippen molar-refractivity contribution in [3.8, 4) is 5.75 Å². The van der Waals surface area contributed by atoms with Gasteiger partial charge in [-0.25, -0.2) is 0 Å². The Morgan fingerprint density at radius 1 is 1.27 bits per heavy atom. The molecule has 1 aliphatic rings. The van der Waals surface area contributed by atoms with Crippen molar-refractivity contribution in [3.05, 3.63) is 29.8 Å². The molecule has 1 fully saturated rings. The maximum Gasteiger partial charge on any atom is 0.123 e. The second kappa shape index (κ2) is 4.67. The van der Waals surface area contributed by atoms with Crippen LogP contribution in [-0.2, 0) is 0 Å². The average Bonchev–Trinajstić information content (AvgIpc) is 2.29. The van der Waals surface area contributed by atoms with Gasteiger partial charge in [0, 0.05) is 17.6 Å². The molecule has 1 aromatic carbocycles. The van der Waals surface area contributed by atoms with Crippen molar-refractivity contribution in [3.63, 3.8) is 0 Å². The topological polar surface area (TPSA) is 21.3 Å². The van der Waals surface area contributed by atoms with Gasteiger partial charge in [0.2, 0.25) is 0 Å². The van der Waals surface area contributed by atoms with Gasteiger partial charge < -0.3 is 10.1 Å². The van der Waals surface area contributed by atoms with Crippen molar-refractivity contribution < 1.29 is 4.74 Å². The van der Waals surface area contributed by atoms with E-state index in [1.807, 2.05) is 12.1 Å². The summed E-state index contributed by atoms with van der Waals surface area (Å²) in [6, 6.07) is 9.39. The first-order valence-corrected chi connectivity index (χ1v) is 5.70. The van der Waals surface area contributed by atoms with Gasteiger partial charge >= 0.3 is 0 Å². The lowest BCUT2D eigenvalue weighted by Crippen LogP contribution is -2.34. The van der Waals surface area contributed by atoms with Gasteiger partial charge in [0.15, 0.2) is 0 Å². The molecule has 82 valence electrons. The molecule has 0 amide bonds. The highest BCUT2D eigenvalue weighted by atomic mass is 16.5. The fourth-order valence-corrected chi connectivity index (χ4v) is 2.34. The van der Waals surface area contributed by atoms with Crippen molar-refractivity contribution in [2.75, 3.05) is 7.11 Å². The van der Waals surface area contributed by atoms with E-state index < -0.39 is 0 Å². The fourth-order valence-electron chi connectivity index (χ4n) is 2.34. The monoisotopic (exact) mass is 205 g/mol. The third-order valence-electron chi connectivity index (χ3n) is 3.13. The molecular formula is C13H19NO. The van der Waals surface area contributed by atoms with E-state index in [9.17, 15) is 0 Å². The van der Waals surface area contributed by atoms with Crippen molar-refractivity contribution in [2.45, 2.75) is 38.3 Å². The largest absolute Gasteiger partial charge is 0.496 e. The highest BCUT2D eigenvalue weighted by molar-refractivity contribution is 5.36. The highest BCUT2D eigenvalue weighted by Gasteiger charge is 2.21. The van der Waals surface area contributed by atoms with Crippen molar-refractivity contribution in [1.29, 1.82) is 0 Å². The second-order valence-corrected chi connectivity index (χ2v) is 4.29. The summed E-state index contributed by atoms with van der Waals surface area (Å²) in [5.41, 5.74) is 1.30. The molecule has 0 bridgehead atoms. The van der Waals surface area contributed by atoms with Crippen LogP contribution in [0.4, 0.5) is 0 Å². The molecule has 0 unspecified atom stereocenters. The van der Waals surface area contributed by atoms with Crippen molar-refractivity contribution >= 4 is 0 Å². The second-order valence-electron chi connectivity index (χ2n) is 4.29. The van der Waals surface area contributed by atoms with Crippen LogP contribution in [0.2, 0.25) is 0 Å². The molecule has 0 spiro atoms. The average molecular weight is 205 g/mol. The lowest BCUT2D eigenvalue weighted by atomic mass is 9.93. The van der Waals surface area contributed by atoms with Gasteiger partial charge in [-0.3, -0.25) is 0 Å². The zero-order valence-corrected chi connectivity index (χ0v) is 9.49. The normalized spacial score (nSPS) is 26.3. The van der Waals surface area contributed by atoms with E-state index in [1.165, 1.54) is 24.8 Å². The molecule has 2 nitrogen and oxygen atoms in total. The molecule has 0 radical (unpaired) electrons. The predicted octanol–water partition coefficient (Wildman–Crippen LogP) is 2.90. The number of benzene rings is 1. The Hall–Kier alpha value is -1.02. The zero-order chi connectivity index (χ0) is 10.7. The molecule has 0 aromatic heterocycles. The fraction of sp³-hybridized carbons (Fsp3) is 0.538. The van der Waals surface area contributed by atoms with Crippen LogP contribution < -0.4 is 10.1 Å². The van der Waals surface area contributed by atoms with Gasteiger partial charge in [0.05, 0.1) is 7.11 Å². The molecular weight excluding hydrogens is 186 g/mol. The maximum atomic E-state index is 5.39. The van der Waals surface area contributed by atoms with Crippen LogP contribution in [0, 0.1) is 0 Å².